The monoisotopic (exact) mass is 408 g/mol. The van der Waals surface area contributed by atoms with Gasteiger partial charge in [0.2, 0.25) is 11.2 Å². The summed E-state index contributed by atoms with van der Waals surface area (Å²) in [5, 5.41) is 17.7. The summed E-state index contributed by atoms with van der Waals surface area (Å²) in [4.78, 5) is 34.9. The summed E-state index contributed by atoms with van der Waals surface area (Å²) < 4.78 is 45.4. The van der Waals surface area contributed by atoms with Gasteiger partial charge in [0.05, 0.1) is 10.9 Å². The first-order valence-electron chi connectivity index (χ1n) is 7.84. The zero-order chi connectivity index (χ0) is 21.3. The first kappa shape index (κ1) is 19.7. The number of phenols is 1. The van der Waals surface area contributed by atoms with Crippen molar-refractivity contribution >= 4 is 23.0 Å². The van der Waals surface area contributed by atoms with E-state index in [0.29, 0.717) is 0 Å². The van der Waals surface area contributed by atoms with Gasteiger partial charge >= 0.3 is 12.3 Å². The Hall–Kier alpha value is -4.02. The van der Waals surface area contributed by atoms with Gasteiger partial charge in [0.25, 0.3) is 5.91 Å². The van der Waals surface area contributed by atoms with Crippen molar-refractivity contribution in [3.8, 4) is 16.9 Å². The molecule has 11 heteroatoms. The second kappa shape index (κ2) is 7.19. The van der Waals surface area contributed by atoms with Crippen molar-refractivity contribution in [1.82, 2.24) is 10.9 Å². The highest BCUT2D eigenvalue weighted by Gasteiger charge is 2.39. The van der Waals surface area contributed by atoms with Crippen molar-refractivity contribution in [2.75, 3.05) is 0 Å². The number of rotatable bonds is 2. The maximum Gasteiger partial charge on any atom is 0.450 e. The molecule has 8 nitrogen and oxygen atoms in total. The average molecular weight is 408 g/mol. The Morgan fingerprint density at radius 2 is 1.66 bits per heavy atom. The number of hydrazine groups is 1. The first-order chi connectivity index (χ1) is 13.6. The molecule has 2 amide bonds. The molecule has 0 unspecified atom stereocenters. The van der Waals surface area contributed by atoms with Crippen molar-refractivity contribution in [3.05, 3.63) is 64.0 Å². The van der Waals surface area contributed by atoms with Crippen molar-refractivity contribution in [2.45, 2.75) is 6.18 Å². The van der Waals surface area contributed by atoms with Gasteiger partial charge in [-0.3, -0.25) is 15.0 Å². The predicted octanol–water partition coefficient (Wildman–Crippen LogP) is 3.10. The largest absolute Gasteiger partial charge is 0.508 e. The minimum atomic E-state index is -5.00. The van der Waals surface area contributed by atoms with E-state index in [9.17, 15) is 32.7 Å². The summed E-state index contributed by atoms with van der Waals surface area (Å²) in [5.74, 6) is -2.77. The summed E-state index contributed by atoms with van der Waals surface area (Å²) in [6.07, 6.45) is -6.51. The maximum atomic E-state index is 13.5. The number of halogens is 3. The molecule has 0 atom stereocenters. The lowest BCUT2D eigenvalue weighted by Gasteiger charge is -2.13. The standard InChI is InChI=1S/C18H11F3N2O6/c19-18(20,21)15-13(14(25)11-6-5-10(24)7-12(11)29-15)8-1-3-9(4-2-8)16(26)22-23-17(27)28/h1-7,23-24H,(H,22,26)(H,27,28). The van der Waals surface area contributed by atoms with Crippen LogP contribution in [0.3, 0.4) is 0 Å². The van der Waals surface area contributed by atoms with Gasteiger partial charge in [0.15, 0.2) is 0 Å². The van der Waals surface area contributed by atoms with Crippen molar-refractivity contribution < 1.29 is 37.4 Å². The number of amides is 2. The van der Waals surface area contributed by atoms with Gasteiger partial charge in [0, 0.05) is 11.6 Å². The molecule has 0 aliphatic rings. The van der Waals surface area contributed by atoms with Gasteiger partial charge in [-0.2, -0.15) is 13.2 Å². The summed E-state index contributed by atoms with van der Waals surface area (Å²) >= 11 is 0. The Balaban J connectivity index is 2.12. The first-order valence-corrected chi connectivity index (χ1v) is 7.84. The molecule has 1 heterocycles. The number of carbonyl (C=O) groups excluding carboxylic acids is 1. The molecule has 0 aliphatic carbocycles. The second-order valence-electron chi connectivity index (χ2n) is 5.78. The number of hydrogen-bond donors (Lipinski definition) is 4. The van der Waals surface area contributed by atoms with E-state index in [1.807, 2.05) is 5.43 Å². The topological polar surface area (TPSA) is 129 Å². The van der Waals surface area contributed by atoms with E-state index < -0.39 is 40.5 Å². The van der Waals surface area contributed by atoms with Crippen LogP contribution in [0.5, 0.6) is 5.75 Å². The third-order valence-electron chi connectivity index (χ3n) is 3.85. The van der Waals surface area contributed by atoms with Crippen LogP contribution in [0.2, 0.25) is 0 Å². The molecule has 0 aliphatic heterocycles. The number of carbonyl (C=O) groups is 2. The van der Waals surface area contributed by atoms with Crippen molar-refractivity contribution in [3.63, 3.8) is 0 Å². The summed E-state index contributed by atoms with van der Waals surface area (Å²) in [6.45, 7) is 0. The van der Waals surface area contributed by atoms with Gasteiger partial charge in [-0.25, -0.2) is 10.2 Å². The number of phenolic OH excluding ortho intramolecular Hbond substituents is 1. The maximum absolute atomic E-state index is 13.5. The molecule has 0 bridgehead atoms. The molecule has 0 saturated carbocycles. The number of alkyl halides is 3. The molecule has 0 saturated heterocycles. The molecule has 4 N–H and O–H groups in total. The van der Waals surface area contributed by atoms with Crippen LogP contribution in [0.25, 0.3) is 22.1 Å². The number of carboxylic acid groups (broad SMARTS) is 1. The molecule has 150 valence electrons. The minimum Gasteiger partial charge on any atom is -0.508 e. The lowest BCUT2D eigenvalue weighted by Crippen LogP contribution is -2.40. The molecule has 3 aromatic rings. The number of nitrogens with one attached hydrogen (secondary N) is 2. The van der Waals surface area contributed by atoms with E-state index >= 15 is 0 Å². The molecule has 1 aromatic heterocycles. The number of benzene rings is 2. The van der Waals surface area contributed by atoms with Crippen LogP contribution in [0.1, 0.15) is 16.1 Å². The Bertz CT molecular complexity index is 1170. The van der Waals surface area contributed by atoms with E-state index in [-0.39, 0.29) is 22.3 Å². The fourth-order valence-corrected chi connectivity index (χ4v) is 2.61. The van der Waals surface area contributed by atoms with E-state index in [0.717, 1.165) is 42.5 Å². The van der Waals surface area contributed by atoms with Crippen LogP contribution in [-0.4, -0.2) is 22.2 Å². The Kier molecular flexibility index (Phi) is 4.89. The van der Waals surface area contributed by atoms with Gasteiger partial charge in [0.1, 0.15) is 11.3 Å². The van der Waals surface area contributed by atoms with E-state index in [2.05, 4.69) is 0 Å². The minimum absolute atomic E-state index is 0.0637. The zero-order valence-electron chi connectivity index (χ0n) is 14.2. The molecular weight excluding hydrogens is 397 g/mol. The van der Waals surface area contributed by atoms with Crippen LogP contribution < -0.4 is 16.3 Å². The molecule has 0 spiro atoms. The van der Waals surface area contributed by atoms with Crippen LogP contribution in [0, 0.1) is 0 Å². The zero-order valence-corrected chi connectivity index (χ0v) is 14.2. The van der Waals surface area contributed by atoms with Gasteiger partial charge in [-0.15, -0.1) is 0 Å². The Morgan fingerprint density at radius 3 is 2.24 bits per heavy atom. The molecule has 0 radical (unpaired) electrons. The average Bonchev–Trinajstić information content (AvgIpc) is 2.65. The highest BCUT2D eigenvalue weighted by atomic mass is 19.4. The molecular formula is C18H11F3N2O6. The highest BCUT2D eigenvalue weighted by molar-refractivity contribution is 5.95. The van der Waals surface area contributed by atoms with Crippen molar-refractivity contribution in [1.29, 1.82) is 0 Å². The normalized spacial score (nSPS) is 11.3. The third-order valence-corrected chi connectivity index (χ3v) is 3.85. The Labute approximate surface area is 159 Å². The van der Waals surface area contributed by atoms with Crippen LogP contribution in [0.15, 0.2) is 51.7 Å². The number of hydrogen-bond acceptors (Lipinski definition) is 5. The fourth-order valence-electron chi connectivity index (χ4n) is 2.61. The summed E-state index contributed by atoms with van der Waals surface area (Å²) in [5.41, 5.74) is 1.11. The highest BCUT2D eigenvalue weighted by Crippen LogP contribution is 2.37. The molecule has 0 fully saturated rings. The smallest absolute Gasteiger partial charge is 0.450 e. The molecule has 29 heavy (non-hydrogen) atoms. The van der Waals surface area contributed by atoms with E-state index in [1.54, 1.807) is 5.43 Å². The third kappa shape index (κ3) is 3.98. The molecule has 2 aromatic carbocycles. The van der Waals surface area contributed by atoms with Crippen LogP contribution in [-0.2, 0) is 6.18 Å². The Morgan fingerprint density at radius 1 is 1.00 bits per heavy atom. The summed E-state index contributed by atoms with van der Waals surface area (Å²) in [6, 6.07) is 7.62. The quantitative estimate of drug-likeness (QED) is 0.483. The fraction of sp³-hybridized carbons (Fsp3) is 0.0556. The number of fused-ring (bicyclic) bond motifs is 1. The lowest BCUT2D eigenvalue weighted by atomic mass is 10.00. The van der Waals surface area contributed by atoms with E-state index in [1.165, 1.54) is 0 Å². The van der Waals surface area contributed by atoms with Gasteiger partial charge < -0.3 is 14.6 Å². The molecule has 3 rings (SSSR count). The predicted molar refractivity (Wildman–Crippen MR) is 93.2 cm³/mol. The van der Waals surface area contributed by atoms with Gasteiger partial charge in [-0.05, 0) is 29.8 Å². The van der Waals surface area contributed by atoms with Crippen molar-refractivity contribution in [2.24, 2.45) is 0 Å². The summed E-state index contributed by atoms with van der Waals surface area (Å²) in [7, 11) is 0. The SMILES string of the molecule is O=C(O)NNC(=O)c1ccc(-c2c(C(F)(F)F)oc3cc(O)ccc3c2=O)cc1. The number of aromatic hydroxyl groups is 1. The lowest BCUT2D eigenvalue weighted by molar-refractivity contribution is -0.152. The van der Waals surface area contributed by atoms with Crippen LogP contribution in [0.4, 0.5) is 18.0 Å². The van der Waals surface area contributed by atoms with Gasteiger partial charge in [-0.1, -0.05) is 12.1 Å². The second-order valence-corrected chi connectivity index (χ2v) is 5.78. The van der Waals surface area contributed by atoms with E-state index in [4.69, 9.17) is 9.52 Å². The van der Waals surface area contributed by atoms with Crippen LogP contribution >= 0.6 is 0 Å².